The van der Waals surface area contributed by atoms with E-state index in [4.69, 9.17) is 16.3 Å². The largest absolute Gasteiger partial charge is 0.444 e. The van der Waals surface area contributed by atoms with Gasteiger partial charge in [0.2, 0.25) is 0 Å². The van der Waals surface area contributed by atoms with Gasteiger partial charge in [-0.3, -0.25) is 0 Å². The third kappa shape index (κ3) is 6.47. The number of nitrogens with zero attached hydrogens (tertiary/aromatic N) is 2. The molecule has 1 aromatic heterocycles. The summed E-state index contributed by atoms with van der Waals surface area (Å²) in [7, 11) is -3.39. The highest BCUT2D eigenvalue weighted by Crippen LogP contribution is 2.22. The third-order valence-corrected chi connectivity index (χ3v) is 5.77. The maximum atomic E-state index is 12.6. The molecule has 1 saturated heterocycles. The van der Waals surface area contributed by atoms with Crippen LogP contribution in [-0.2, 0) is 20.3 Å². The van der Waals surface area contributed by atoms with Crippen LogP contribution in [0.4, 0.5) is 4.79 Å². The topological polar surface area (TPSA) is 76.6 Å². The van der Waals surface area contributed by atoms with Crippen molar-refractivity contribution in [3.63, 3.8) is 0 Å². The van der Waals surface area contributed by atoms with Crippen LogP contribution in [0.2, 0.25) is 5.15 Å². The third-order valence-electron chi connectivity index (χ3n) is 3.88. The number of sulfone groups is 1. The number of halogens is 1. The van der Waals surface area contributed by atoms with Crippen molar-refractivity contribution in [2.75, 3.05) is 12.3 Å². The van der Waals surface area contributed by atoms with Gasteiger partial charge in [-0.25, -0.2) is 18.2 Å². The lowest BCUT2D eigenvalue weighted by Gasteiger charge is -2.36. The quantitative estimate of drug-likeness (QED) is 0.738. The average Bonchev–Trinajstić information content (AvgIpc) is 2.47. The van der Waals surface area contributed by atoms with E-state index >= 15 is 0 Å². The summed E-state index contributed by atoms with van der Waals surface area (Å²) < 4.78 is 30.6. The first-order chi connectivity index (χ1) is 11.6. The van der Waals surface area contributed by atoms with Crippen LogP contribution in [0.3, 0.4) is 0 Å². The monoisotopic (exact) mass is 388 g/mol. The minimum absolute atomic E-state index is 0.0745. The number of carbonyl (C=O) groups is 1. The van der Waals surface area contributed by atoms with Gasteiger partial charge in [-0.05, 0) is 51.7 Å². The summed E-state index contributed by atoms with van der Waals surface area (Å²) in [4.78, 5) is 17.9. The minimum Gasteiger partial charge on any atom is -0.444 e. The number of carbonyl (C=O) groups excluding carboxylic acids is 1. The summed E-state index contributed by atoms with van der Waals surface area (Å²) in [6.45, 7) is 5.92. The molecule has 0 N–H and O–H groups in total. The van der Waals surface area contributed by atoms with E-state index in [1.54, 1.807) is 37.8 Å². The second-order valence-corrected chi connectivity index (χ2v) is 9.86. The molecule has 0 radical (unpaired) electrons. The van der Waals surface area contributed by atoms with E-state index in [0.29, 0.717) is 23.7 Å². The van der Waals surface area contributed by atoms with Gasteiger partial charge in [-0.2, -0.15) is 0 Å². The van der Waals surface area contributed by atoms with Crippen molar-refractivity contribution in [2.24, 2.45) is 0 Å². The molecule has 0 unspecified atom stereocenters. The van der Waals surface area contributed by atoms with Crippen LogP contribution in [0.25, 0.3) is 0 Å². The number of ether oxygens (including phenoxy) is 1. The number of piperidine rings is 1. The molecule has 2 heterocycles. The van der Waals surface area contributed by atoms with Crippen molar-refractivity contribution in [3.8, 4) is 0 Å². The van der Waals surface area contributed by atoms with Crippen LogP contribution >= 0.6 is 11.6 Å². The van der Waals surface area contributed by atoms with Gasteiger partial charge in [0.25, 0.3) is 0 Å². The molecular weight excluding hydrogens is 364 g/mol. The van der Waals surface area contributed by atoms with Crippen molar-refractivity contribution in [2.45, 2.75) is 57.4 Å². The first-order valence-corrected chi connectivity index (χ1v) is 10.6. The summed E-state index contributed by atoms with van der Waals surface area (Å²) in [6.07, 6.45) is 3.45. The summed E-state index contributed by atoms with van der Waals surface area (Å²) in [5.74, 6) is -0.190. The number of amides is 1. The van der Waals surface area contributed by atoms with E-state index < -0.39 is 21.5 Å². The Morgan fingerprint density at radius 1 is 1.36 bits per heavy atom. The lowest BCUT2D eigenvalue weighted by molar-refractivity contribution is 0.0124. The highest BCUT2D eigenvalue weighted by atomic mass is 35.5. The first kappa shape index (κ1) is 20.0. The zero-order valence-corrected chi connectivity index (χ0v) is 16.4. The lowest BCUT2D eigenvalue weighted by Crippen LogP contribution is -2.49. The molecule has 0 aliphatic carbocycles. The van der Waals surface area contributed by atoms with Gasteiger partial charge in [0.1, 0.15) is 10.8 Å². The molecule has 0 saturated carbocycles. The molecule has 1 aliphatic rings. The molecule has 1 aliphatic heterocycles. The molecular formula is C17H25ClN2O4S. The molecule has 8 heteroatoms. The molecule has 0 bridgehead atoms. The smallest absolute Gasteiger partial charge is 0.410 e. The molecule has 140 valence electrons. The Morgan fingerprint density at radius 3 is 2.68 bits per heavy atom. The molecule has 1 fully saturated rings. The van der Waals surface area contributed by atoms with Crippen molar-refractivity contribution in [1.29, 1.82) is 0 Å². The Kier molecular flexibility index (Phi) is 6.32. The van der Waals surface area contributed by atoms with E-state index in [9.17, 15) is 13.2 Å². The zero-order chi connectivity index (χ0) is 18.7. The van der Waals surface area contributed by atoms with Crippen molar-refractivity contribution < 1.29 is 17.9 Å². The zero-order valence-electron chi connectivity index (χ0n) is 14.9. The fourth-order valence-corrected chi connectivity index (χ4v) is 4.67. The Labute approximate surface area is 154 Å². The maximum Gasteiger partial charge on any atom is 0.410 e. The fraction of sp³-hybridized carbons (Fsp3) is 0.647. The standard InChI is InChI=1S/C17H25ClN2O4S/c1-17(2,3)24-16(21)20-9-5-4-6-14(20)12-25(22,23)11-13-7-8-15(18)19-10-13/h7-8,10,14H,4-6,9,11-12H2,1-3H3/t14-/m0/s1. The number of likely N-dealkylation sites (tertiary alicyclic amines) is 1. The minimum atomic E-state index is -3.39. The number of pyridine rings is 1. The van der Waals surface area contributed by atoms with Gasteiger partial charge in [0.15, 0.2) is 9.84 Å². The van der Waals surface area contributed by atoms with Crippen LogP contribution < -0.4 is 0 Å². The van der Waals surface area contributed by atoms with Crippen LogP contribution in [0.15, 0.2) is 18.3 Å². The molecule has 1 amide bonds. The lowest BCUT2D eigenvalue weighted by atomic mass is 10.0. The summed E-state index contributed by atoms with van der Waals surface area (Å²) in [5.41, 5.74) is -0.0172. The Hall–Kier alpha value is -1.34. The van der Waals surface area contributed by atoms with E-state index in [1.807, 2.05) is 0 Å². The van der Waals surface area contributed by atoms with E-state index in [2.05, 4.69) is 4.98 Å². The van der Waals surface area contributed by atoms with Crippen LogP contribution in [-0.4, -0.2) is 48.3 Å². The number of hydrogen-bond acceptors (Lipinski definition) is 5. The van der Waals surface area contributed by atoms with E-state index in [0.717, 1.165) is 12.8 Å². The molecule has 2 rings (SSSR count). The number of aromatic nitrogens is 1. The van der Waals surface area contributed by atoms with Gasteiger partial charge in [-0.15, -0.1) is 0 Å². The predicted molar refractivity (Wildman–Crippen MR) is 97.3 cm³/mol. The van der Waals surface area contributed by atoms with Crippen molar-refractivity contribution in [1.82, 2.24) is 9.88 Å². The van der Waals surface area contributed by atoms with Crippen molar-refractivity contribution in [3.05, 3.63) is 29.0 Å². The first-order valence-electron chi connectivity index (χ1n) is 8.36. The van der Waals surface area contributed by atoms with Crippen LogP contribution in [0, 0.1) is 0 Å². The molecule has 1 atom stereocenters. The molecule has 6 nitrogen and oxygen atoms in total. The Morgan fingerprint density at radius 2 is 2.08 bits per heavy atom. The van der Waals surface area contributed by atoms with Crippen LogP contribution in [0.1, 0.15) is 45.6 Å². The summed E-state index contributed by atoms with van der Waals surface area (Å²) in [6, 6.07) is 2.87. The van der Waals surface area contributed by atoms with Gasteiger partial charge < -0.3 is 9.64 Å². The predicted octanol–water partition coefficient (Wildman–Crippen LogP) is 3.44. The van der Waals surface area contributed by atoms with Gasteiger partial charge in [-0.1, -0.05) is 17.7 Å². The Balaban J connectivity index is 2.06. The molecule has 0 spiro atoms. The second kappa shape index (κ2) is 7.91. The summed E-state index contributed by atoms with van der Waals surface area (Å²) >= 11 is 5.73. The normalized spacial score (nSPS) is 18.9. The molecule has 0 aromatic carbocycles. The SMILES string of the molecule is CC(C)(C)OC(=O)N1CCCC[C@H]1CS(=O)(=O)Cc1ccc(Cl)nc1. The van der Waals surface area contributed by atoms with Gasteiger partial charge in [0, 0.05) is 18.8 Å². The fourth-order valence-electron chi connectivity index (χ4n) is 2.83. The summed E-state index contributed by atoms with van der Waals surface area (Å²) in [5, 5.41) is 0.324. The highest BCUT2D eigenvalue weighted by molar-refractivity contribution is 7.90. The number of rotatable bonds is 4. The van der Waals surface area contributed by atoms with Crippen molar-refractivity contribution >= 4 is 27.5 Å². The maximum absolute atomic E-state index is 12.6. The van der Waals surface area contributed by atoms with Crippen LogP contribution in [0.5, 0.6) is 0 Å². The second-order valence-electron chi connectivity index (χ2n) is 7.37. The van der Waals surface area contributed by atoms with E-state index in [1.165, 1.54) is 6.20 Å². The van der Waals surface area contributed by atoms with E-state index in [-0.39, 0.29) is 17.5 Å². The van der Waals surface area contributed by atoms with Gasteiger partial charge >= 0.3 is 6.09 Å². The highest BCUT2D eigenvalue weighted by Gasteiger charge is 2.33. The Bertz CT molecular complexity index is 698. The molecule has 25 heavy (non-hydrogen) atoms. The number of hydrogen-bond donors (Lipinski definition) is 0. The van der Waals surface area contributed by atoms with Gasteiger partial charge in [0.05, 0.1) is 11.5 Å². The average molecular weight is 389 g/mol. The molecule has 1 aromatic rings.